The number of aliphatic hydroxyl groups is 2. The van der Waals surface area contributed by atoms with Crippen LogP contribution >= 0.6 is 11.6 Å². The predicted octanol–water partition coefficient (Wildman–Crippen LogP) is 0.997. The van der Waals surface area contributed by atoms with Crippen LogP contribution < -0.4 is 11.1 Å². The van der Waals surface area contributed by atoms with Gasteiger partial charge in [-0.2, -0.15) is 0 Å². The lowest BCUT2D eigenvalue weighted by Gasteiger charge is -2.17. The molecule has 0 aliphatic carbocycles. The van der Waals surface area contributed by atoms with E-state index in [1.54, 1.807) is 24.3 Å². The van der Waals surface area contributed by atoms with Crippen LogP contribution in [0.15, 0.2) is 24.3 Å². The molecule has 5 N–H and O–H groups in total. The first kappa shape index (κ1) is 15.9. The second-order valence-corrected chi connectivity index (χ2v) is 4.58. The van der Waals surface area contributed by atoms with Gasteiger partial charge in [0.25, 0.3) is 0 Å². The number of amides is 1. The van der Waals surface area contributed by atoms with E-state index in [1.807, 2.05) is 0 Å². The summed E-state index contributed by atoms with van der Waals surface area (Å²) in [7, 11) is 0. The molecule has 0 spiro atoms. The van der Waals surface area contributed by atoms with E-state index in [0.29, 0.717) is 24.2 Å². The van der Waals surface area contributed by atoms with Crippen molar-refractivity contribution in [2.75, 3.05) is 17.7 Å². The van der Waals surface area contributed by atoms with E-state index in [0.717, 1.165) is 0 Å². The Kier molecular flexibility index (Phi) is 6.80. The summed E-state index contributed by atoms with van der Waals surface area (Å²) in [6.45, 7) is 0.310. The second-order valence-electron chi connectivity index (χ2n) is 4.20. The first-order valence-electron chi connectivity index (χ1n) is 6.10. The minimum atomic E-state index is -0.976. The Hall–Kier alpha value is -1.14. The van der Waals surface area contributed by atoms with Gasteiger partial charge in [-0.15, -0.1) is 11.6 Å². The van der Waals surface area contributed by atoms with E-state index < -0.39 is 12.2 Å². The first-order chi connectivity index (χ1) is 9.08. The second kappa shape index (κ2) is 8.12. The lowest BCUT2D eigenvalue weighted by atomic mass is 10.0. The van der Waals surface area contributed by atoms with Gasteiger partial charge in [0.05, 0.1) is 6.10 Å². The minimum absolute atomic E-state index is 0.161. The maximum absolute atomic E-state index is 11.3. The fourth-order valence-corrected chi connectivity index (χ4v) is 1.80. The summed E-state index contributed by atoms with van der Waals surface area (Å²) < 4.78 is 0. The van der Waals surface area contributed by atoms with Crippen LogP contribution in [0.25, 0.3) is 0 Å². The van der Waals surface area contributed by atoms with Gasteiger partial charge < -0.3 is 21.3 Å². The maximum Gasteiger partial charge on any atom is 0.225 e. The van der Waals surface area contributed by atoms with Crippen molar-refractivity contribution in [1.82, 2.24) is 0 Å². The number of nitrogens with two attached hydrogens (primary N) is 1. The molecule has 0 aliphatic heterocycles. The highest BCUT2D eigenvalue weighted by Gasteiger charge is 2.17. The highest BCUT2D eigenvalue weighted by Crippen LogP contribution is 2.20. The standard InChI is InChI=1S/C13H19ClN2O3/c14-7-5-12(18)16-10-3-1-9(2-4-10)13(19)11(17)6-8-15/h1-4,11,13,17,19H,5-8,15H2,(H,16,18). The van der Waals surface area contributed by atoms with Crippen LogP contribution in [0.5, 0.6) is 0 Å². The zero-order valence-corrected chi connectivity index (χ0v) is 11.3. The van der Waals surface area contributed by atoms with Crippen molar-refractivity contribution in [1.29, 1.82) is 0 Å². The number of halogens is 1. The van der Waals surface area contributed by atoms with E-state index in [4.69, 9.17) is 17.3 Å². The number of alkyl halides is 1. The van der Waals surface area contributed by atoms with Gasteiger partial charge in [0, 0.05) is 18.0 Å². The largest absolute Gasteiger partial charge is 0.390 e. The van der Waals surface area contributed by atoms with E-state index in [-0.39, 0.29) is 18.2 Å². The van der Waals surface area contributed by atoms with Gasteiger partial charge in [-0.1, -0.05) is 12.1 Å². The fourth-order valence-electron chi connectivity index (χ4n) is 1.62. The van der Waals surface area contributed by atoms with Crippen molar-refractivity contribution in [2.24, 2.45) is 5.73 Å². The number of carbonyl (C=O) groups excluding carboxylic acids is 1. The third-order valence-corrected chi connectivity index (χ3v) is 2.87. The van der Waals surface area contributed by atoms with Crippen LogP contribution in [0.2, 0.25) is 0 Å². The summed E-state index contributed by atoms with van der Waals surface area (Å²) in [5, 5.41) is 22.2. The smallest absolute Gasteiger partial charge is 0.225 e. The number of hydrogen-bond acceptors (Lipinski definition) is 4. The van der Waals surface area contributed by atoms with Gasteiger partial charge in [-0.3, -0.25) is 4.79 Å². The summed E-state index contributed by atoms with van der Waals surface area (Å²) in [5.74, 6) is 0.111. The van der Waals surface area contributed by atoms with E-state index >= 15 is 0 Å². The topological polar surface area (TPSA) is 95.6 Å². The van der Waals surface area contributed by atoms with E-state index in [2.05, 4.69) is 5.32 Å². The average Bonchev–Trinajstić information content (AvgIpc) is 2.39. The molecule has 2 unspecified atom stereocenters. The lowest BCUT2D eigenvalue weighted by molar-refractivity contribution is -0.115. The molecule has 0 aliphatic rings. The van der Waals surface area contributed by atoms with Crippen molar-refractivity contribution in [3.8, 4) is 0 Å². The average molecular weight is 287 g/mol. The number of benzene rings is 1. The van der Waals surface area contributed by atoms with Crippen LogP contribution in [-0.4, -0.2) is 34.6 Å². The number of aliphatic hydroxyl groups excluding tert-OH is 2. The van der Waals surface area contributed by atoms with Gasteiger partial charge >= 0.3 is 0 Å². The molecular weight excluding hydrogens is 268 g/mol. The molecule has 106 valence electrons. The van der Waals surface area contributed by atoms with E-state index in [9.17, 15) is 15.0 Å². The highest BCUT2D eigenvalue weighted by molar-refractivity contribution is 6.19. The molecule has 5 nitrogen and oxygen atoms in total. The number of anilines is 1. The molecule has 2 atom stereocenters. The fraction of sp³-hybridized carbons (Fsp3) is 0.462. The molecule has 1 amide bonds. The molecule has 0 bridgehead atoms. The third-order valence-electron chi connectivity index (χ3n) is 2.68. The molecule has 0 saturated heterocycles. The molecule has 0 saturated carbocycles. The Labute approximate surface area is 117 Å². The summed E-state index contributed by atoms with van der Waals surface area (Å²) in [4.78, 5) is 11.3. The molecular formula is C13H19ClN2O3. The highest BCUT2D eigenvalue weighted by atomic mass is 35.5. The van der Waals surface area contributed by atoms with Gasteiger partial charge in [0.15, 0.2) is 0 Å². The van der Waals surface area contributed by atoms with Crippen molar-refractivity contribution >= 4 is 23.2 Å². The molecule has 1 rings (SSSR count). The SMILES string of the molecule is NCCC(O)C(O)c1ccc(NC(=O)CCCl)cc1. The summed E-state index contributed by atoms with van der Waals surface area (Å²) in [6, 6.07) is 6.64. The van der Waals surface area contributed by atoms with Crippen molar-refractivity contribution < 1.29 is 15.0 Å². The molecule has 1 aromatic carbocycles. The zero-order valence-electron chi connectivity index (χ0n) is 10.6. The molecule has 1 aromatic rings. The Balaban J connectivity index is 2.63. The molecule has 0 heterocycles. The summed E-state index contributed by atoms with van der Waals surface area (Å²) >= 11 is 5.46. The summed E-state index contributed by atoms with van der Waals surface area (Å²) in [5.41, 5.74) is 6.53. The third kappa shape index (κ3) is 5.16. The molecule has 19 heavy (non-hydrogen) atoms. The number of carbonyl (C=O) groups is 1. The quantitative estimate of drug-likeness (QED) is 0.562. The Morgan fingerprint density at radius 3 is 2.47 bits per heavy atom. The molecule has 0 aromatic heterocycles. The van der Waals surface area contributed by atoms with Crippen LogP contribution in [0.1, 0.15) is 24.5 Å². The van der Waals surface area contributed by atoms with Gasteiger partial charge in [0.1, 0.15) is 6.10 Å². The predicted molar refractivity (Wildman–Crippen MR) is 75.0 cm³/mol. The Morgan fingerprint density at radius 1 is 1.32 bits per heavy atom. The molecule has 0 fully saturated rings. The van der Waals surface area contributed by atoms with Crippen LogP contribution in [0.3, 0.4) is 0 Å². The van der Waals surface area contributed by atoms with Crippen molar-refractivity contribution in [2.45, 2.75) is 25.0 Å². The maximum atomic E-state index is 11.3. The molecule has 6 heteroatoms. The first-order valence-corrected chi connectivity index (χ1v) is 6.64. The lowest BCUT2D eigenvalue weighted by Crippen LogP contribution is -2.21. The van der Waals surface area contributed by atoms with E-state index in [1.165, 1.54) is 0 Å². The van der Waals surface area contributed by atoms with Gasteiger partial charge in [-0.25, -0.2) is 0 Å². The monoisotopic (exact) mass is 286 g/mol. The Bertz CT molecular complexity index is 397. The van der Waals surface area contributed by atoms with Gasteiger partial charge in [-0.05, 0) is 30.7 Å². The number of rotatable bonds is 7. The molecule has 0 radical (unpaired) electrons. The Morgan fingerprint density at radius 2 is 1.95 bits per heavy atom. The number of hydrogen-bond donors (Lipinski definition) is 4. The normalized spacial score (nSPS) is 13.9. The summed E-state index contributed by atoms with van der Waals surface area (Å²) in [6.07, 6.45) is -1.28. The van der Waals surface area contributed by atoms with Gasteiger partial charge in [0.2, 0.25) is 5.91 Å². The van der Waals surface area contributed by atoms with Crippen LogP contribution in [0, 0.1) is 0 Å². The van der Waals surface area contributed by atoms with Crippen molar-refractivity contribution in [3.05, 3.63) is 29.8 Å². The zero-order chi connectivity index (χ0) is 14.3. The van der Waals surface area contributed by atoms with Crippen LogP contribution in [-0.2, 0) is 4.79 Å². The van der Waals surface area contributed by atoms with Crippen molar-refractivity contribution in [3.63, 3.8) is 0 Å². The van der Waals surface area contributed by atoms with Crippen LogP contribution in [0.4, 0.5) is 5.69 Å². The minimum Gasteiger partial charge on any atom is -0.390 e. The number of nitrogens with one attached hydrogen (secondary N) is 1.